The lowest BCUT2D eigenvalue weighted by atomic mass is 9.82. The smallest absolute Gasteiger partial charge is 0.238 e. The molecule has 1 aliphatic carbocycles. The number of carbonyl (C=O) groups is 1. The van der Waals surface area contributed by atoms with Crippen LogP contribution in [-0.4, -0.2) is 46.2 Å². The molecule has 0 spiro atoms. The number of hydrogen-bond donors (Lipinski definition) is 3. The molecular formula is C17H25N3O4S. The van der Waals surface area contributed by atoms with Crippen molar-refractivity contribution >= 4 is 15.9 Å². The molecule has 0 aromatic heterocycles. The van der Waals surface area contributed by atoms with Crippen LogP contribution in [0.25, 0.3) is 0 Å². The topological polar surface area (TPSA) is 111 Å². The van der Waals surface area contributed by atoms with E-state index in [1.165, 1.54) is 12.1 Å². The molecule has 25 heavy (non-hydrogen) atoms. The van der Waals surface area contributed by atoms with Crippen LogP contribution < -0.4 is 15.8 Å². The van der Waals surface area contributed by atoms with Gasteiger partial charge in [0.05, 0.1) is 17.6 Å². The van der Waals surface area contributed by atoms with Gasteiger partial charge in [0.2, 0.25) is 15.9 Å². The van der Waals surface area contributed by atoms with Gasteiger partial charge in [0.1, 0.15) is 0 Å². The van der Waals surface area contributed by atoms with E-state index in [4.69, 9.17) is 9.88 Å². The Bertz CT molecular complexity index is 705. The maximum absolute atomic E-state index is 12.4. The molecule has 2 fully saturated rings. The number of carbonyl (C=O) groups excluding carboxylic acids is 1. The summed E-state index contributed by atoms with van der Waals surface area (Å²) >= 11 is 0. The fourth-order valence-electron chi connectivity index (χ4n) is 3.57. The zero-order chi connectivity index (χ0) is 17.9. The van der Waals surface area contributed by atoms with Crippen molar-refractivity contribution in [2.24, 2.45) is 11.1 Å². The number of morpholine rings is 1. The Morgan fingerprint density at radius 3 is 2.76 bits per heavy atom. The molecule has 1 heterocycles. The minimum atomic E-state index is -3.66. The fourth-order valence-corrected chi connectivity index (χ4v) is 4.09. The first-order valence-corrected chi connectivity index (χ1v) is 10.2. The van der Waals surface area contributed by atoms with Crippen molar-refractivity contribution in [1.82, 2.24) is 10.6 Å². The van der Waals surface area contributed by atoms with Crippen LogP contribution in [0.4, 0.5) is 0 Å². The van der Waals surface area contributed by atoms with Crippen molar-refractivity contribution in [3.63, 3.8) is 0 Å². The summed E-state index contributed by atoms with van der Waals surface area (Å²) in [4.78, 5) is 12.5. The Balaban J connectivity index is 1.45. The molecule has 138 valence electrons. The fraction of sp³-hybridized carbons (Fsp3) is 0.588. The Hall–Kier alpha value is -1.48. The summed E-state index contributed by atoms with van der Waals surface area (Å²) in [6.07, 6.45) is 3.49. The third-order valence-electron chi connectivity index (χ3n) is 4.96. The molecule has 4 N–H and O–H groups in total. The van der Waals surface area contributed by atoms with Crippen LogP contribution >= 0.6 is 0 Å². The van der Waals surface area contributed by atoms with E-state index >= 15 is 0 Å². The van der Waals surface area contributed by atoms with Gasteiger partial charge >= 0.3 is 0 Å². The van der Waals surface area contributed by atoms with Gasteiger partial charge in [-0.2, -0.15) is 0 Å². The van der Waals surface area contributed by atoms with Gasteiger partial charge in [-0.25, -0.2) is 13.6 Å². The predicted octanol–water partition coefficient (Wildman–Crippen LogP) is 0.150. The van der Waals surface area contributed by atoms with Gasteiger partial charge in [-0.05, 0) is 43.4 Å². The molecule has 8 heteroatoms. The van der Waals surface area contributed by atoms with Gasteiger partial charge in [-0.15, -0.1) is 0 Å². The molecule has 7 nitrogen and oxygen atoms in total. The maximum Gasteiger partial charge on any atom is 0.238 e. The number of rotatable bonds is 5. The number of nitrogens with two attached hydrogens (primary N) is 1. The van der Waals surface area contributed by atoms with E-state index in [1.54, 1.807) is 12.1 Å². The highest BCUT2D eigenvalue weighted by molar-refractivity contribution is 7.89. The highest BCUT2D eigenvalue weighted by Gasteiger charge is 2.35. The van der Waals surface area contributed by atoms with E-state index in [-0.39, 0.29) is 28.9 Å². The molecule has 0 unspecified atom stereocenters. The summed E-state index contributed by atoms with van der Waals surface area (Å²) < 4.78 is 28.2. The Kier molecular flexibility index (Phi) is 5.73. The first-order valence-electron chi connectivity index (χ1n) is 8.68. The number of hydrogen-bond acceptors (Lipinski definition) is 5. The molecule has 1 aromatic rings. The summed E-state index contributed by atoms with van der Waals surface area (Å²) in [5.74, 6) is 0.118. The molecule has 1 saturated carbocycles. The number of fused-ring (bicyclic) bond motifs is 1. The van der Waals surface area contributed by atoms with Gasteiger partial charge in [0, 0.05) is 25.0 Å². The Morgan fingerprint density at radius 1 is 1.28 bits per heavy atom. The third-order valence-corrected chi connectivity index (χ3v) is 5.89. The molecule has 0 bridgehead atoms. The average Bonchev–Trinajstić information content (AvgIpc) is 2.61. The Morgan fingerprint density at radius 2 is 2.04 bits per heavy atom. The van der Waals surface area contributed by atoms with E-state index in [0.717, 1.165) is 38.0 Å². The van der Waals surface area contributed by atoms with Crippen LogP contribution in [0.2, 0.25) is 0 Å². The van der Waals surface area contributed by atoms with Crippen LogP contribution in [0.15, 0.2) is 29.2 Å². The van der Waals surface area contributed by atoms with E-state index in [9.17, 15) is 13.2 Å². The first kappa shape index (κ1) is 18.3. The molecule has 0 radical (unpaired) electrons. The number of sulfonamides is 1. The number of nitrogens with one attached hydrogen (secondary N) is 2. The van der Waals surface area contributed by atoms with Crippen LogP contribution in [0.5, 0.6) is 0 Å². The predicted molar refractivity (Wildman–Crippen MR) is 93.4 cm³/mol. The minimum absolute atomic E-state index is 0.0280. The van der Waals surface area contributed by atoms with Gasteiger partial charge in [-0.1, -0.05) is 12.1 Å². The largest absolute Gasteiger partial charge is 0.375 e. The standard InChI is InChI=1S/C17H25N3O4S/c18-25(22,23)14-4-1-12(2-5-14)7-8-20-17(21)13-3-6-16-15(11-13)19-9-10-24-16/h1-2,4-5,13,15-16,19H,3,6-11H2,(H,20,21)(H2,18,22,23)/t13-,15+,16+/m0/s1. The van der Waals surface area contributed by atoms with Crippen molar-refractivity contribution in [1.29, 1.82) is 0 Å². The molecule has 1 amide bonds. The molecule has 3 atom stereocenters. The number of benzene rings is 1. The molecule has 1 saturated heterocycles. The first-order chi connectivity index (χ1) is 11.9. The maximum atomic E-state index is 12.4. The van der Waals surface area contributed by atoms with Gasteiger partial charge in [0.25, 0.3) is 0 Å². The second-order valence-corrected chi connectivity index (χ2v) is 8.27. The van der Waals surface area contributed by atoms with Crippen LogP contribution in [0, 0.1) is 5.92 Å². The third kappa shape index (κ3) is 4.78. The summed E-state index contributed by atoms with van der Waals surface area (Å²) in [6.45, 7) is 2.13. The number of amides is 1. The Labute approximate surface area is 148 Å². The van der Waals surface area contributed by atoms with Crippen LogP contribution in [0.1, 0.15) is 24.8 Å². The van der Waals surface area contributed by atoms with Crippen molar-refractivity contribution in [2.45, 2.75) is 42.7 Å². The van der Waals surface area contributed by atoms with Crippen molar-refractivity contribution in [3.8, 4) is 0 Å². The van der Waals surface area contributed by atoms with E-state index in [1.807, 2.05) is 0 Å². The highest BCUT2D eigenvalue weighted by atomic mass is 32.2. The quantitative estimate of drug-likeness (QED) is 0.686. The zero-order valence-corrected chi connectivity index (χ0v) is 14.9. The zero-order valence-electron chi connectivity index (χ0n) is 14.1. The average molecular weight is 367 g/mol. The summed E-state index contributed by atoms with van der Waals surface area (Å²) in [6, 6.07) is 6.70. The molecule has 2 aliphatic rings. The van der Waals surface area contributed by atoms with Crippen molar-refractivity contribution < 1.29 is 17.9 Å². The van der Waals surface area contributed by atoms with E-state index in [0.29, 0.717) is 13.0 Å². The molecule has 3 rings (SSSR count). The summed E-state index contributed by atoms with van der Waals surface area (Å²) in [7, 11) is -3.66. The van der Waals surface area contributed by atoms with Crippen molar-refractivity contribution in [3.05, 3.63) is 29.8 Å². The molecule has 1 aliphatic heterocycles. The lowest BCUT2D eigenvalue weighted by Crippen LogP contribution is -2.53. The highest BCUT2D eigenvalue weighted by Crippen LogP contribution is 2.28. The van der Waals surface area contributed by atoms with Crippen LogP contribution in [-0.2, 0) is 26.0 Å². The van der Waals surface area contributed by atoms with Crippen LogP contribution in [0.3, 0.4) is 0 Å². The summed E-state index contributed by atoms with van der Waals surface area (Å²) in [5.41, 5.74) is 0.957. The monoisotopic (exact) mass is 367 g/mol. The number of ether oxygens (including phenoxy) is 1. The summed E-state index contributed by atoms with van der Waals surface area (Å²) in [5, 5.41) is 11.5. The SMILES string of the molecule is NS(=O)(=O)c1ccc(CCNC(=O)[C@H]2CC[C@H]3OCCN[C@@H]3C2)cc1. The second-order valence-electron chi connectivity index (χ2n) is 6.71. The molecule has 1 aromatic carbocycles. The minimum Gasteiger partial charge on any atom is -0.375 e. The number of primary sulfonamides is 1. The normalized spacial score (nSPS) is 26.7. The van der Waals surface area contributed by atoms with Gasteiger partial charge in [-0.3, -0.25) is 4.79 Å². The van der Waals surface area contributed by atoms with E-state index < -0.39 is 10.0 Å². The van der Waals surface area contributed by atoms with Crippen molar-refractivity contribution in [2.75, 3.05) is 19.7 Å². The van der Waals surface area contributed by atoms with Gasteiger partial charge < -0.3 is 15.4 Å². The lowest BCUT2D eigenvalue weighted by molar-refractivity contribution is -0.128. The molecular weight excluding hydrogens is 342 g/mol. The van der Waals surface area contributed by atoms with Gasteiger partial charge in [0.15, 0.2) is 0 Å². The lowest BCUT2D eigenvalue weighted by Gasteiger charge is -2.39. The van der Waals surface area contributed by atoms with E-state index in [2.05, 4.69) is 10.6 Å². The second kappa shape index (κ2) is 7.82.